The smallest absolute Gasteiger partial charge is 0.258 e. The van der Waals surface area contributed by atoms with Crippen molar-refractivity contribution < 1.29 is 4.79 Å². The number of aryl methyl sites for hydroxylation is 2. The third-order valence-electron chi connectivity index (χ3n) is 3.90. The zero-order chi connectivity index (χ0) is 18.7. The van der Waals surface area contributed by atoms with Gasteiger partial charge in [-0.25, -0.2) is 4.98 Å². The normalized spacial score (nSPS) is 10.8. The molecule has 0 saturated carbocycles. The lowest BCUT2D eigenvalue weighted by Crippen LogP contribution is -2.12. The first kappa shape index (κ1) is 18.9. The number of nitrogens with zero attached hydrogens (tertiary/aromatic N) is 1. The van der Waals surface area contributed by atoms with E-state index in [0.29, 0.717) is 20.7 Å². The maximum atomic E-state index is 12.5. The largest absolute Gasteiger partial charge is 0.298 e. The van der Waals surface area contributed by atoms with E-state index >= 15 is 0 Å². The summed E-state index contributed by atoms with van der Waals surface area (Å²) < 4.78 is 0. The van der Waals surface area contributed by atoms with Crippen molar-refractivity contribution in [1.29, 1.82) is 0 Å². The van der Waals surface area contributed by atoms with Crippen molar-refractivity contribution >= 4 is 45.6 Å². The molecule has 3 rings (SSSR count). The summed E-state index contributed by atoms with van der Waals surface area (Å²) in [5, 5.41) is 4.24. The Morgan fingerprint density at radius 2 is 1.88 bits per heavy atom. The van der Waals surface area contributed by atoms with Crippen LogP contribution in [0.15, 0.2) is 42.5 Å². The average molecular weight is 405 g/mol. The Hall–Kier alpha value is -1.88. The number of thiazole rings is 1. The molecule has 1 N–H and O–H groups in total. The van der Waals surface area contributed by atoms with Gasteiger partial charge in [-0.2, -0.15) is 0 Å². The minimum Gasteiger partial charge on any atom is -0.298 e. The molecule has 0 aliphatic heterocycles. The quantitative estimate of drug-likeness (QED) is 0.518. The summed E-state index contributed by atoms with van der Waals surface area (Å²) in [6.45, 7) is 4.18. The second-order valence-corrected chi connectivity index (χ2v) is 7.91. The number of aromatic nitrogens is 1. The average Bonchev–Trinajstić information content (AvgIpc) is 2.98. The second kappa shape index (κ2) is 8.21. The number of rotatable bonds is 5. The van der Waals surface area contributed by atoms with Crippen LogP contribution in [0.1, 0.15) is 34.1 Å². The fourth-order valence-electron chi connectivity index (χ4n) is 2.58. The maximum Gasteiger partial charge on any atom is 0.258 e. The van der Waals surface area contributed by atoms with Gasteiger partial charge in [0, 0.05) is 15.5 Å². The summed E-state index contributed by atoms with van der Waals surface area (Å²) in [6, 6.07) is 13.1. The zero-order valence-electron chi connectivity index (χ0n) is 14.5. The van der Waals surface area contributed by atoms with Crippen LogP contribution in [-0.4, -0.2) is 10.9 Å². The van der Waals surface area contributed by atoms with E-state index < -0.39 is 0 Å². The van der Waals surface area contributed by atoms with Crippen LogP contribution in [-0.2, 0) is 6.42 Å². The molecule has 0 unspecified atom stereocenters. The number of amides is 1. The van der Waals surface area contributed by atoms with E-state index in [1.807, 2.05) is 0 Å². The zero-order valence-corrected chi connectivity index (χ0v) is 16.8. The molecule has 6 heteroatoms. The second-order valence-electron chi connectivity index (χ2n) is 5.99. The van der Waals surface area contributed by atoms with E-state index in [2.05, 4.69) is 48.4 Å². The van der Waals surface area contributed by atoms with E-state index in [4.69, 9.17) is 23.2 Å². The summed E-state index contributed by atoms with van der Waals surface area (Å²) >= 11 is 13.5. The lowest BCUT2D eigenvalue weighted by molar-refractivity contribution is 0.102. The standard InChI is InChI=1S/C20H18Cl2N2OS/c1-3-4-17-18(13-7-5-12(2)6-8-13)23-20(26-17)24-19(25)15-10-9-14(21)11-16(15)22/h5-11H,3-4H2,1-2H3,(H,23,24,25). The monoisotopic (exact) mass is 404 g/mol. The van der Waals surface area contributed by atoms with Crippen molar-refractivity contribution in [1.82, 2.24) is 4.98 Å². The summed E-state index contributed by atoms with van der Waals surface area (Å²) in [5.74, 6) is -0.293. The summed E-state index contributed by atoms with van der Waals surface area (Å²) in [5.41, 5.74) is 3.56. The molecule has 134 valence electrons. The van der Waals surface area contributed by atoms with Gasteiger partial charge in [0.05, 0.1) is 16.3 Å². The van der Waals surface area contributed by atoms with Gasteiger partial charge in [-0.05, 0) is 31.5 Å². The molecule has 0 atom stereocenters. The van der Waals surface area contributed by atoms with Crippen LogP contribution in [0.2, 0.25) is 10.0 Å². The molecule has 2 aromatic carbocycles. The van der Waals surface area contributed by atoms with Gasteiger partial charge < -0.3 is 0 Å². The lowest BCUT2D eigenvalue weighted by Gasteiger charge is -2.04. The van der Waals surface area contributed by atoms with Crippen molar-refractivity contribution in [2.24, 2.45) is 0 Å². The first-order valence-electron chi connectivity index (χ1n) is 8.31. The van der Waals surface area contributed by atoms with E-state index in [-0.39, 0.29) is 5.91 Å². The highest BCUT2D eigenvalue weighted by Crippen LogP contribution is 2.33. The van der Waals surface area contributed by atoms with Gasteiger partial charge in [-0.15, -0.1) is 11.3 Å². The third kappa shape index (κ3) is 4.26. The van der Waals surface area contributed by atoms with Crippen LogP contribution >= 0.6 is 34.5 Å². The topological polar surface area (TPSA) is 42.0 Å². The summed E-state index contributed by atoms with van der Waals surface area (Å²) in [6.07, 6.45) is 1.93. The Morgan fingerprint density at radius 1 is 1.15 bits per heavy atom. The van der Waals surface area contributed by atoms with Crippen molar-refractivity contribution in [2.75, 3.05) is 5.32 Å². The van der Waals surface area contributed by atoms with Gasteiger partial charge in [-0.1, -0.05) is 66.4 Å². The molecule has 3 aromatic rings. The van der Waals surface area contributed by atoms with Gasteiger partial charge in [0.2, 0.25) is 0 Å². The van der Waals surface area contributed by atoms with Crippen LogP contribution < -0.4 is 5.32 Å². The first-order valence-corrected chi connectivity index (χ1v) is 9.88. The molecule has 1 aromatic heterocycles. The molecule has 0 bridgehead atoms. The molecule has 3 nitrogen and oxygen atoms in total. The molecule has 26 heavy (non-hydrogen) atoms. The summed E-state index contributed by atoms with van der Waals surface area (Å²) in [4.78, 5) is 18.4. The Morgan fingerprint density at radius 3 is 2.54 bits per heavy atom. The predicted molar refractivity (Wildman–Crippen MR) is 111 cm³/mol. The SMILES string of the molecule is CCCc1sc(NC(=O)c2ccc(Cl)cc2Cl)nc1-c1ccc(C)cc1. The molecule has 0 radical (unpaired) electrons. The van der Waals surface area contributed by atoms with E-state index in [1.165, 1.54) is 16.9 Å². The molecule has 1 amide bonds. The molecule has 0 spiro atoms. The molecule has 0 aliphatic rings. The van der Waals surface area contributed by atoms with Crippen LogP contribution in [0.5, 0.6) is 0 Å². The highest BCUT2D eigenvalue weighted by Gasteiger charge is 2.16. The van der Waals surface area contributed by atoms with E-state index in [9.17, 15) is 4.79 Å². The van der Waals surface area contributed by atoms with Crippen LogP contribution in [0.4, 0.5) is 5.13 Å². The van der Waals surface area contributed by atoms with Crippen LogP contribution in [0.25, 0.3) is 11.3 Å². The Kier molecular flexibility index (Phi) is 5.97. The van der Waals surface area contributed by atoms with Gasteiger partial charge in [0.25, 0.3) is 5.91 Å². The van der Waals surface area contributed by atoms with Gasteiger partial charge in [-0.3, -0.25) is 10.1 Å². The number of carbonyl (C=O) groups excluding carboxylic acids is 1. The number of hydrogen-bond acceptors (Lipinski definition) is 3. The van der Waals surface area contributed by atoms with Gasteiger partial charge in [0.1, 0.15) is 0 Å². The number of anilines is 1. The molecular formula is C20H18Cl2N2OS. The Bertz CT molecular complexity index is 935. The minimum atomic E-state index is -0.293. The predicted octanol–water partition coefficient (Wildman–Crippen LogP) is 6.63. The molecule has 0 fully saturated rings. The fourth-order valence-corrected chi connectivity index (χ4v) is 4.15. The van der Waals surface area contributed by atoms with Crippen LogP contribution in [0.3, 0.4) is 0 Å². The number of benzene rings is 2. The lowest BCUT2D eigenvalue weighted by atomic mass is 10.1. The fraction of sp³-hybridized carbons (Fsp3) is 0.200. The van der Waals surface area contributed by atoms with Crippen molar-refractivity contribution in [2.45, 2.75) is 26.7 Å². The minimum absolute atomic E-state index is 0.293. The van der Waals surface area contributed by atoms with Crippen molar-refractivity contribution in [3.05, 3.63) is 68.5 Å². The molecular weight excluding hydrogens is 387 g/mol. The van der Waals surface area contributed by atoms with Gasteiger partial charge >= 0.3 is 0 Å². The highest BCUT2D eigenvalue weighted by atomic mass is 35.5. The number of halogens is 2. The molecule has 1 heterocycles. The van der Waals surface area contributed by atoms with E-state index in [1.54, 1.807) is 18.2 Å². The maximum absolute atomic E-state index is 12.5. The van der Waals surface area contributed by atoms with Crippen molar-refractivity contribution in [3.8, 4) is 11.3 Å². The number of carbonyl (C=O) groups is 1. The Balaban J connectivity index is 1.89. The number of hydrogen-bond donors (Lipinski definition) is 1. The first-order chi connectivity index (χ1) is 12.5. The third-order valence-corrected chi connectivity index (χ3v) is 5.47. The molecule has 0 saturated heterocycles. The highest BCUT2D eigenvalue weighted by molar-refractivity contribution is 7.16. The molecule has 0 aliphatic carbocycles. The Labute approximate surface area is 167 Å². The number of nitrogens with one attached hydrogen (secondary N) is 1. The van der Waals surface area contributed by atoms with Crippen molar-refractivity contribution in [3.63, 3.8) is 0 Å². The van der Waals surface area contributed by atoms with Gasteiger partial charge in [0.15, 0.2) is 5.13 Å². The van der Waals surface area contributed by atoms with Crippen LogP contribution in [0, 0.1) is 6.92 Å². The summed E-state index contributed by atoms with van der Waals surface area (Å²) in [7, 11) is 0. The van der Waals surface area contributed by atoms with E-state index in [0.717, 1.165) is 29.0 Å².